The fraction of sp³-hybridized carbons (Fsp3) is 0.353. The Kier molecular flexibility index (Phi) is 4.06. The molecule has 0 radical (unpaired) electrons. The average molecular weight is 284 g/mol. The Morgan fingerprint density at radius 3 is 2.67 bits per heavy atom. The van der Waals surface area contributed by atoms with Crippen molar-refractivity contribution in [2.45, 2.75) is 31.3 Å². The smallest absolute Gasteiger partial charge is 0.268 e. The van der Waals surface area contributed by atoms with Gasteiger partial charge in [-0.3, -0.25) is 4.79 Å². The molecule has 1 aliphatic rings. The molecule has 0 unspecified atom stereocenters. The molecule has 0 spiro atoms. The van der Waals surface area contributed by atoms with Crippen LogP contribution in [0, 0.1) is 0 Å². The second kappa shape index (κ2) is 6.14. The summed E-state index contributed by atoms with van der Waals surface area (Å²) in [5.74, 6) is -0.109. The maximum Gasteiger partial charge on any atom is 0.268 e. The van der Waals surface area contributed by atoms with Crippen molar-refractivity contribution in [3.63, 3.8) is 0 Å². The van der Waals surface area contributed by atoms with Gasteiger partial charge in [-0.1, -0.05) is 30.3 Å². The Morgan fingerprint density at radius 2 is 2.00 bits per heavy atom. The summed E-state index contributed by atoms with van der Waals surface area (Å²) in [5, 5.41) is 12.4. The zero-order valence-corrected chi connectivity index (χ0v) is 11.9. The number of hydrogen-bond donors (Lipinski definition) is 2. The van der Waals surface area contributed by atoms with E-state index in [1.807, 2.05) is 53.2 Å². The number of aromatic nitrogens is 1. The van der Waals surface area contributed by atoms with Crippen molar-refractivity contribution >= 4 is 5.91 Å². The molecule has 1 heterocycles. The maximum atomic E-state index is 12.4. The minimum atomic E-state index is -0.262. The van der Waals surface area contributed by atoms with Gasteiger partial charge in [0.2, 0.25) is 0 Å². The van der Waals surface area contributed by atoms with E-state index in [0.29, 0.717) is 18.2 Å². The molecule has 1 fully saturated rings. The third-order valence-electron chi connectivity index (χ3n) is 3.83. The van der Waals surface area contributed by atoms with Gasteiger partial charge in [0, 0.05) is 12.2 Å². The molecule has 2 aromatic rings. The first-order valence-corrected chi connectivity index (χ1v) is 7.40. The molecular weight excluding hydrogens is 264 g/mol. The summed E-state index contributed by atoms with van der Waals surface area (Å²) in [6.07, 6.45) is 4.87. The van der Waals surface area contributed by atoms with Gasteiger partial charge < -0.3 is 15.0 Å². The topological polar surface area (TPSA) is 54.3 Å². The number of carbonyl (C=O) groups is 1. The van der Waals surface area contributed by atoms with Crippen LogP contribution in [-0.2, 0) is 6.42 Å². The van der Waals surface area contributed by atoms with Crippen LogP contribution in [0.4, 0.5) is 0 Å². The van der Waals surface area contributed by atoms with E-state index in [-0.39, 0.29) is 18.6 Å². The van der Waals surface area contributed by atoms with Crippen molar-refractivity contribution in [3.8, 4) is 0 Å². The molecule has 1 saturated carbocycles. The highest BCUT2D eigenvalue weighted by molar-refractivity contribution is 5.93. The third-order valence-corrected chi connectivity index (χ3v) is 3.83. The first-order valence-electron chi connectivity index (χ1n) is 7.40. The SMILES string of the molecule is O=C(N[C@H](CO)Cc1ccccc1)c1cccn1C1CC1. The normalized spacial score (nSPS) is 15.7. The van der Waals surface area contributed by atoms with E-state index in [9.17, 15) is 9.90 Å². The summed E-state index contributed by atoms with van der Waals surface area (Å²) in [6.45, 7) is -0.0647. The van der Waals surface area contributed by atoms with Crippen LogP contribution in [-0.4, -0.2) is 28.2 Å². The van der Waals surface area contributed by atoms with Crippen molar-refractivity contribution in [2.75, 3.05) is 6.61 Å². The molecule has 0 aliphatic heterocycles. The van der Waals surface area contributed by atoms with Crippen molar-refractivity contribution < 1.29 is 9.90 Å². The Balaban J connectivity index is 1.66. The molecule has 1 aliphatic carbocycles. The summed E-state index contributed by atoms with van der Waals surface area (Å²) in [4.78, 5) is 12.4. The highest BCUT2D eigenvalue weighted by atomic mass is 16.3. The van der Waals surface area contributed by atoms with Gasteiger partial charge in [-0.15, -0.1) is 0 Å². The van der Waals surface area contributed by atoms with Gasteiger partial charge in [0.1, 0.15) is 5.69 Å². The van der Waals surface area contributed by atoms with Crippen LogP contribution in [0.5, 0.6) is 0 Å². The zero-order chi connectivity index (χ0) is 14.7. The molecule has 2 N–H and O–H groups in total. The first kappa shape index (κ1) is 13.9. The van der Waals surface area contributed by atoms with Crippen molar-refractivity contribution in [1.29, 1.82) is 0 Å². The lowest BCUT2D eigenvalue weighted by atomic mass is 10.1. The number of hydrogen-bond acceptors (Lipinski definition) is 2. The molecule has 1 aromatic carbocycles. The standard InChI is InChI=1S/C17H20N2O2/c20-12-14(11-13-5-2-1-3-6-13)18-17(21)16-7-4-10-19(16)15-8-9-15/h1-7,10,14-15,20H,8-9,11-12H2,(H,18,21)/t14-/m0/s1. The number of benzene rings is 1. The maximum absolute atomic E-state index is 12.4. The predicted octanol–water partition coefficient (Wildman–Crippen LogP) is 2.16. The highest BCUT2D eigenvalue weighted by Crippen LogP contribution is 2.35. The van der Waals surface area contributed by atoms with E-state index in [1.165, 1.54) is 0 Å². The molecule has 21 heavy (non-hydrogen) atoms. The molecule has 1 atom stereocenters. The summed E-state index contributed by atoms with van der Waals surface area (Å²) in [5.41, 5.74) is 1.79. The summed E-state index contributed by atoms with van der Waals surface area (Å²) in [6, 6.07) is 13.8. The number of aliphatic hydroxyl groups excluding tert-OH is 1. The van der Waals surface area contributed by atoms with E-state index in [2.05, 4.69) is 5.32 Å². The highest BCUT2D eigenvalue weighted by Gasteiger charge is 2.27. The fourth-order valence-electron chi connectivity index (χ4n) is 2.58. The van der Waals surface area contributed by atoms with E-state index < -0.39 is 0 Å². The van der Waals surface area contributed by atoms with E-state index >= 15 is 0 Å². The monoisotopic (exact) mass is 284 g/mol. The number of amides is 1. The van der Waals surface area contributed by atoms with Crippen molar-refractivity contribution in [1.82, 2.24) is 9.88 Å². The van der Waals surface area contributed by atoms with Crippen LogP contribution in [0.2, 0.25) is 0 Å². The Morgan fingerprint density at radius 1 is 1.24 bits per heavy atom. The van der Waals surface area contributed by atoms with E-state index in [0.717, 1.165) is 18.4 Å². The summed E-state index contributed by atoms with van der Waals surface area (Å²) < 4.78 is 2.03. The van der Waals surface area contributed by atoms with Gasteiger partial charge in [-0.2, -0.15) is 0 Å². The second-order valence-corrected chi connectivity index (χ2v) is 5.57. The molecule has 4 heteroatoms. The van der Waals surface area contributed by atoms with Gasteiger partial charge >= 0.3 is 0 Å². The molecule has 4 nitrogen and oxygen atoms in total. The number of nitrogens with one attached hydrogen (secondary N) is 1. The summed E-state index contributed by atoms with van der Waals surface area (Å²) in [7, 11) is 0. The molecule has 110 valence electrons. The van der Waals surface area contributed by atoms with E-state index in [1.54, 1.807) is 0 Å². The molecule has 0 saturated heterocycles. The minimum Gasteiger partial charge on any atom is -0.394 e. The second-order valence-electron chi connectivity index (χ2n) is 5.57. The number of nitrogens with zero attached hydrogens (tertiary/aromatic N) is 1. The van der Waals surface area contributed by atoms with Crippen LogP contribution in [0.1, 0.15) is 34.9 Å². The van der Waals surface area contributed by atoms with Crippen LogP contribution < -0.4 is 5.32 Å². The summed E-state index contributed by atoms with van der Waals surface area (Å²) >= 11 is 0. The largest absolute Gasteiger partial charge is 0.394 e. The number of rotatable bonds is 6. The molecule has 1 amide bonds. The van der Waals surface area contributed by atoms with E-state index in [4.69, 9.17) is 0 Å². The van der Waals surface area contributed by atoms with Crippen molar-refractivity contribution in [2.24, 2.45) is 0 Å². The Labute approximate surface area is 124 Å². The molecular formula is C17H20N2O2. The zero-order valence-electron chi connectivity index (χ0n) is 11.9. The van der Waals surface area contributed by atoms with Gasteiger partial charge in [0.05, 0.1) is 12.6 Å². The average Bonchev–Trinajstić information content (AvgIpc) is 3.24. The van der Waals surface area contributed by atoms with Gasteiger partial charge in [-0.25, -0.2) is 0 Å². The van der Waals surface area contributed by atoms with Crippen molar-refractivity contribution in [3.05, 3.63) is 59.9 Å². The van der Waals surface area contributed by atoms with Crippen LogP contribution in [0.25, 0.3) is 0 Å². The van der Waals surface area contributed by atoms with Gasteiger partial charge in [0.25, 0.3) is 5.91 Å². The molecule has 3 rings (SSSR count). The quantitative estimate of drug-likeness (QED) is 0.854. The molecule has 1 aromatic heterocycles. The third kappa shape index (κ3) is 3.34. The van der Waals surface area contributed by atoms with Crippen LogP contribution >= 0.6 is 0 Å². The Hall–Kier alpha value is -2.07. The van der Waals surface area contributed by atoms with Crippen LogP contribution in [0.3, 0.4) is 0 Å². The minimum absolute atomic E-state index is 0.0647. The lowest BCUT2D eigenvalue weighted by Gasteiger charge is -2.17. The van der Waals surface area contributed by atoms with Gasteiger partial charge in [-0.05, 0) is 37.0 Å². The first-order chi connectivity index (χ1) is 10.3. The van der Waals surface area contributed by atoms with Gasteiger partial charge in [0.15, 0.2) is 0 Å². The molecule has 0 bridgehead atoms. The van der Waals surface area contributed by atoms with Crippen LogP contribution in [0.15, 0.2) is 48.7 Å². The lowest BCUT2D eigenvalue weighted by Crippen LogP contribution is -2.39. The predicted molar refractivity (Wildman–Crippen MR) is 81.2 cm³/mol. The lowest BCUT2D eigenvalue weighted by molar-refractivity contribution is 0.0907. The fourth-order valence-corrected chi connectivity index (χ4v) is 2.58. The number of aliphatic hydroxyl groups is 1. The Bertz CT molecular complexity index is 602. The number of carbonyl (C=O) groups excluding carboxylic acids is 1.